The monoisotopic (exact) mass is 403 g/mol. The number of halogens is 1. The fourth-order valence-corrected chi connectivity index (χ4v) is 3.40. The Morgan fingerprint density at radius 1 is 1.25 bits per heavy atom. The van der Waals surface area contributed by atoms with Gasteiger partial charge in [0.05, 0.1) is 0 Å². The summed E-state index contributed by atoms with van der Waals surface area (Å²) in [6.07, 6.45) is 1.56. The molecule has 0 saturated heterocycles. The molecule has 1 heterocycles. The third-order valence-electron chi connectivity index (χ3n) is 2.48. The highest BCUT2D eigenvalue weighted by Gasteiger charge is 2.19. The van der Waals surface area contributed by atoms with E-state index in [9.17, 15) is 8.42 Å². The van der Waals surface area contributed by atoms with Crippen molar-refractivity contribution < 1.29 is 8.42 Å². The lowest BCUT2D eigenvalue weighted by atomic mass is 10.3. The Labute approximate surface area is 132 Å². The van der Waals surface area contributed by atoms with Crippen LogP contribution in [-0.4, -0.2) is 19.9 Å². The smallest absolute Gasteiger partial charge is 0.265 e. The van der Waals surface area contributed by atoms with Gasteiger partial charge < -0.3 is 5.32 Å². The van der Waals surface area contributed by atoms with E-state index in [-0.39, 0.29) is 4.90 Å². The second kappa shape index (κ2) is 6.40. The van der Waals surface area contributed by atoms with Gasteiger partial charge in [0.1, 0.15) is 10.7 Å². The van der Waals surface area contributed by atoms with E-state index in [1.165, 1.54) is 6.07 Å². The molecule has 0 aliphatic carbocycles. The summed E-state index contributed by atoms with van der Waals surface area (Å²) in [4.78, 5) is 4.20. The van der Waals surface area contributed by atoms with Gasteiger partial charge in [0.25, 0.3) is 10.0 Å². The van der Waals surface area contributed by atoms with Gasteiger partial charge in [0.2, 0.25) is 0 Å². The first-order valence-electron chi connectivity index (χ1n) is 6.00. The SMILES string of the molecule is CCNc1ncccc1S(=O)(=O)Nc1cccc(I)c1. The quantitative estimate of drug-likeness (QED) is 0.754. The van der Waals surface area contributed by atoms with Crippen LogP contribution in [-0.2, 0) is 10.0 Å². The topological polar surface area (TPSA) is 71.1 Å². The minimum absolute atomic E-state index is 0.140. The molecule has 0 saturated carbocycles. The van der Waals surface area contributed by atoms with Gasteiger partial charge >= 0.3 is 0 Å². The molecule has 0 unspecified atom stereocenters. The molecule has 2 N–H and O–H groups in total. The maximum absolute atomic E-state index is 12.4. The van der Waals surface area contributed by atoms with Crippen LogP contribution in [0.25, 0.3) is 0 Å². The Hall–Kier alpha value is -1.35. The van der Waals surface area contributed by atoms with E-state index >= 15 is 0 Å². The van der Waals surface area contributed by atoms with Crippen molar-refractivity contribution in [3.63, 3.8) is 0 Å². The average Bonchev–Trinajstić information content (AvgIpc) is 2.39. The van der Waals surface area contributed by atoms with Crippen molar-refractivity contribution in [1.82, 2.24) is 4.98 Å². The first-order valence-corrected chi connectivity index (χ1v) is 8.56. The Kier molecular flexibility index (Phi) is 4.81. The highest BCUT2D eigenvalue weighted by Crippen LogP contribution is 2.22. The predicted molar refractivity (Wildman–Crippen MR) is 88.4 cm³/mol. The van der Waals surface area contributed by atoms with Gasteiger partial charge in [-0.3, -0.25) is 4.72 Å². The number of nitrogens with one attached hydrogen (secondary N) is 2. The van der Waals surface area contributed by atoms with Crippen LogP contribution in [0.5, 0.6) is 0 Å². The second-order valence-electron chi connectivity index (χ2n) is 4.00. The van der Waals surface area contributed by atoms with E-state index in [1.807, 2.05) is 13.0 Å². The number of nitrogens with zero attached hydrogens (tertiary/aromatic N) is 1. The van der Waals surface area contributed by atoms with E-state index in [2.05, 4.69) is 37.6 Å². The Balaban J connectivity index is 2.36. The van der Waals surface area contributed by atoms with Crippen LogP contribution in [0.3, 0.4) is 0 Å². The summed E-state index contributed by atoms with van der Waals surface area (Å²) in [6, 6.07) is 10.3. The molecular formula is C13H14IN3O2S. The molecule has 1 aromatic carbocycles. The summed E-state index contributed by atoms with van der Waals surface area (Å²) >= 11 is 2.13. The number of sulfonamides is 1. The number of aromatic nitrogens is 1. The van der Waals surface area contributed by atoms with Gasteiger partial charge in [-0.25, -0.2) is 13.4 Å². The molecule has 0 amide bonds. The van der Waals surface area contributed by atoms with Crippen LogP contribution in [0, 0.1) is 3.57 Å². The number of hydrogen-bond acceptors (Lipinski definition) is 4. The molecule has 0 spiro atoms. The van der Waals surface area contributed by atoms with Gasteiger partial charge in [0, 0.05) is 22.0 Å². The lowest BCUT2D eigenvalue weighted by molar-refractivity contribution is 0.601. The molecule has 0 fully saturated rings. The summed E-state index contributed by atoms with van der Waals surface area (Å²) in [7, 11) is -3.66. The summed E-state index contributed by atoms with van der Waals surface area (Å²) in [5.41, 5.74) is 0.531. The molecule has 0 aliphatic rings. The van der Waals surface area contributed by atoms with E-state index in [0.29, 0.717) is 18.1 Å². The Morgan fingerprint density at radius 2 is 2.05 bits per heavy atom. The second-order valence-corrected chi connectivity index (χ2v) is 6.89. The average molecular weight is 403 g/mol. The van der Waals surface area contributed by atoms with Crippen molar-refractivity contribution in [3.8, 4) is 0 Å². The van der Waals surface area contributed by atoms with E-state index in [0.717, 1.165) is 3.57 Å². The van der Waals surface area contributed by atoms with E-state index in [4.69, 9.17) is 0 Å². The zero-order valence-electron chi connectivity index (χ0n) is 10.8. The highest BCUT2D eigenvalue weighted by atomic mass is 127. The normalized spacial score (nSPS) is 11.1. The number of pyridine rings is 1. The minimum Gasteiger partial charge on any atom is -0.369 e. The van der Waals surface area contributed by atoms with Gasteiger partial charge in [-0.2, -0.15) is 0 Å². The van der Waals surface area contributed by atoms with Crippen molar-refractivity contribution in [2.24, 2.45) is 0 Å². The molecular weight excluding hydrogens is 389 g/mol. The molecule has 0 aliphatic heterocycles. The molecule has 2 aromatic rings. The van der Waals surface area contributed by atoms with Gasteiger partial charge in [-0.15, -0.1) is 0 Å². The molecule has 20 heavy (non-hydrogen) atoms. The van der Waals surface area contributed by atoms with E-state index in [1.54, 1.807) is 30.5 Å². The van der Waals surface area contributed by atoms with Crippen LogP contribution < -0.4 is 10.0 Å². The molecule has 2 rings (SSSR count). The molecule has 0 radical (unpaired) electrons. The van der Waals surface area contributed by atoms with E-state index < -0.39 is 10.0 Å². The standard InChI is InChI=1S/C13H14IN3O2S/c1-2-15-13-12(7-4-8-16-13)20(18,19)17-11-6-3-5-10(14)9-11/h3-9,17H,2H2,1H3,(H,15,16). The Morgan fingerprint density at radius 3 is 2.75 bits per heavy atom. The predicted octanol–water partition coefficient (Wildman–Crippen LogP) is 2.92. The first kappa shape index (κ1) is 15.0. The van der Waals surface area contributed by atoms with Crippen LogP contribution in [0.15, 0.2) is 47.5 Å². The third-order valence-corrected chi connectivity index (χ3v) is 4.57. The van der Waals surface area contributed by atoms with Gasteiger partial charge in [-0.1, -0.05) is 6.07 Å². The zero-order chi connectivity index (χ0) is 14.6. The molecule has 0 bridgehead atoms. The molecule has 106 valence electrons. The molecule has 0 atom stereocenters. The fraction of sp³-hybridized carbons (Fsp3) is 0.154. The fourth-order valence-electron chi connectivity index (χ4n) is 1.67. The van der Waals surface area contributed by atoms with Crippen molar-refractivity contribution in [3.05, 3.63) is 46.2 Å². The summed E-state index contributed by atoms with van der Waals surface area (Å²) in [5, 5.41) is 2.95. The van der Waals surface area contributed by atoms with Gasteiger partial charge in [-0.05, 0) is 59.8 Å². The molecule has 7 heteroatoms. The van der Waals surface area contributed by atoms with Crippen LogP contribution in [0.2, 0.25) is 0 Å². The third kappa shape index (κ3) is 3.60. The summed E-state index contributed by atoms with van der Waals surface area (Å²) < 4.78 is 28.4. The lowest BCUT2D eigenvalue weighted by Crippen LogP contribution is -2.16. The number of anilines is 2. The minimum atomic E-state index is -3.66. The van der Waals surface area contributed by atoms with Crippen molar-refractivity contribution in [2.75, 3.05) is 16.6 Å². The largest absolute Gasteiger partial charge is 0.369 e. The van der Waals surface area contributed by atoms with Crippen LogP contribution in [0.1, 0.15) is 6.92 Å². The number of benzene rings is 1. The Bertz CT molecular complexity index is 704. The maximum atomic E-state index is 12.4. The van der Waals surface area contributed by atoms with Gasteiger partial charge in [0.15, 0.2) is 0 Å². The first-order chi connectivity index (χ1) is 9.53. The van der Waals surface area contributed by atoms with Crippen molar-refractivity contribution in [1.29, 1.82) is 0 Å². The van der Waals surface area contributed by atoms with Crippen molar-refractivity contribution in [2.45, 2.75) is 11.8 Å². The number of rotatable bonds is 5. The maximum Gasteiger partial charge on any atom is 0.265 e. The zero-order valence-corrected chi connectivity index (χ0v) is 13.8. The van der Waals surface area contributed by atoms with Crippen LogP contribution >= 0.6 is 22.6 Å². The van der Waals surface area contributed by atoms with Crippen LogP contribution in [0.4, 0.5) is 11.5 Å². The lowest BCUT2D eigenvalue weighted by Gasteiger charge is -2.12. The highest BCUT2D eigenvalue weighted by molar-refractivity contribution is 14.1. The molecule has 1 aromatic heterocycles. The summed E-state index contributed by atoms with van der Waals surface area (Å²) in [5.74, 6) is 0.355. The molecule has 5 nitrogen and oxygen atoms in total. The summed E-state index contributed by atoms with van der Waals surface area (Å²) in [6.45, 7) is 2.49. The number of hydrogen-bond donors (Lipinski definition) is 2. The van der Waals surface area contributed by atoms with Crippen molar-refractivity contribution >= 4 is 44.1 Å².